The third-order valence-corrected chi connectivity index (χ3v) is 3.07. The quantitative estimate of drug-likeness (QED) is 0.718. The third kappa shape index (κ3) is 1.60. The van der Waals surface area contributed by atoms with Crippen molar-refractivity contribution in [1.82, 2.24) is 15.5 Å². The number of H-pyrrole nitrogens is 1. The number of amides is 2. The van der Waals surface area contributed by atoms with Crippen molar-refractivity contribution >= 4 is 22.7 Å². The molecule has 2 N–H and O–H groups in total. The van der Waals surface area contributed by atoms with Gasteiger partial charge in [0.1, 0.15) is 0 Å². The van der Waals surface area contributed by atoms with Crippen LogP contribution in [0.1, 0.15) is 24.5 Å². The molecule has 0 radical (unpaired) electrons. The summed E-state index contributed by atoms with van der Waals surface area (Å²) in [6.07, 6.45) is 0.900. The number of para-hydroxylation sites is 1. The average Bonchev–Trinajstić information content (AvgIpc) is 2.73. The minimum Gasteiger partial charge on any atom is -0.296 e. The minimum atomic E-state index is -0.330. The molecule has 2 heterocycles. The van der Waals surface area contributed by atoms with E-state index in [1.807, 2.05) is 24.3 Å². The van der Waals surface area contributed by atoms with Crippen molar-refractivity contribution in [3.05, 3.63) is 30.0 Å². The molecule has 1 fully saturated rings. The van der Waals surface area contributed by atoms with Crippen molar-refractivity contribution in [3.63, 3.8) is 0 Å². The molecule has 1 aliphatic rings. The molecule has 1 aromatic carbocycles. The van der Waals surface area contributed by atoms with Crippen molar-refractivity contribution in [2.45, 2.75) is 18.8 Å². The van der Waals surface area contributed by atoms with Crippen molar-refractivity contribution in [3.8, 4) is 0 Å². The largest absolute Gasteiger partial charge is 0.296 e. The Labute approximate surface area is 97.2 Å². The Morgan fingerprint density at radius 1 is 1.24 bits per heavy atom. The number of hydrogen-bond acceptors (Lipinski definition) is 3. The zero-order valence-electron chi connectivity index (χ0n) is 9.06. The number of rotatable bonds is 1. The molecule has 0 spiro atoms. The number of imide groups is 1. The van der Waals surface area contributed by atoms with E-state index >= 15 is 0 Å². The molecule has 1 saturated heterocycles. The summed E-state index contributed by atoms with van der Waals surface area (Å²) in [5.74, 6) is -0.784. The van der Waals surface area contributed by atoms with Gasteiger partial charge in [-0.15, -0.1) is 0 Å². The van der Waals surface area contributed by atoms with Gasteiger partial charge in [0.2, 0.25) is 11.8 Å². The van der Waals surface area contributed by atoms with Crippen LogP contribution in [-0.2, 0) is 9.59 Å². The second kappa shape index (κ2) is 3.69. The van der Waals surface area contributed by atoms with Crippen molar-refractivity contribution in [2.75, 3.05) is 0 Å². The number of benzene rings is 1. The van der Waals surface area contributed by atoms with Gasteiger partial charge >= 0.3 is 0 Å². The number of nitrogens with one attached hydrogen (secondary N) is 2. The summed E-state index contributed by atoms with van der Waals surface area (Å²) in [5, 5.41) is 10.4. The monoisotopic (exact) mass is 229 g/mol. The summed E-state index contributed by atoms with van der Waals surface area (Å²) in [4.78, 5) is 22.9. The van der Waals surface area contributed by atoms with Crippen molar-refractivity contribution in [2.24, 2.45) is 0 Å². The maximum atomic E-state index is 11.8. The first-order valence-corrected chi connectivity index (χ1v) is 5.52. The van der Waals surface area contributed by atoms with Gasteiger partial charge < -0.3 is 0 Å². The second-order valence-corrected chi connectivity index (χ2v) is 4.16. The fourth-order valence-corrected chi connectivity index (χ4v) is 2.20. The molecular weight excluding hydrogens is 218 g/mol. The van der Waals surface area contributed by atoms with Crippen LogP contribution in [0.3, 0.4) is 0 Å². The Kier molecular flexibility index (Phi) is 2.18. The van der Waals surface area contributed by atoms with Gasteiger partial charge in [-0.25, -0.2) is 0 Å². The normalized spacial score (nSPS) is 20.6. The van der Waals surface area contributed by atoms with Gasteiger partial charge in [0.15, 0.2) is 0 Å². The molecule has 3 rings (SSSR count). The first-order chi connectivity index (χ1) is 8.25. The zero-order chi connectivity index (χ0) is 11.8. The Hall–Kier alpha value is -2.17. The van der Waals surface area contributed by atoms with Gasteiger partial charge in [-0.1, -0.05) is 18.2 Å². The number of aromatic nitrogens is 2. The smallest absolute Gasteiger partial charge is 0.235 e. The van der Waals surface area contributed by atoms with Gasteiger partial charge in [-0.2, -0.15) is 5.10 Å². The summed E-state index contributed by atoms with van der Waals surface area (Å²) in [5.41, 5.74) is 1.64. The highest BCUT2D eigenvalue weighted by molar-refractivity contribution is 6.02. The van der Waals surface area contributed by atoms with Crippen LogP contribution in [-0.4, -0.2) is 22.0 Å². The first-order valence-electron chi connectivity index (χ1n) is 5.52. The van der Waals surface area contributed by atoms with E-state index in [0.29, 0.717) is 12.8 Å². The SMILES string of the molecule is O=C1CCC(c2n[nH]c3ccccc23)C(=O)N1. The molecule has 0 saturated carbocycles. The highest BCUT2D eigenvalue weighted by atomic mass is 16.2. The van der Waals surface area contributed by atoms with Crippen molar-refractivity contribution < 1.29 is 9.59 Å². The van der Waals surface area contributed by atoms with E-state index in [2.05, 4.69) is 15.5 Å². The Morgan fingerprint density at radius 2 is 2.06 bits per heavy atom. The van der Waals surface area contributed by atoms with Crippen LogP contribution in [0, 0.1) is 0 Å². The van der Waals surface area contributed by atoms with Crippen LogP contribution in [0.5, 0.6) is 0 Å². The lowest BCUT2D eigenvalue weighted by molar-refractivity contribution is -0.134. The molecule has 1 atom stereocenters. The number of carbonyl (C=O) groups is 2. The molecule has 5 heteroatoms. The van der Waals surface area contributed by atoms with Crippen LogP contribution >= 0.6 is 0 Å². The third-order valence-electron chi connectivity index (χ3n) is 3.07. The molecule has 2 aromatic rings. The molecule has 0 aliphatic carbocycles. The predicted octanol–water partition coefficient (Wildman–Crippen LogP) is 1.08. The Balaban J connectivity index is 2.04. The molecule has 1 unspecified atom stereocenters. The Morgan fingerprint density at radius 3 is 2.88 bits per heavy atom. The molecule has 2 amide bonds. The number of piperidine rings is 1. The fourth-order valence-electron chi connectivity index (χ4n) is 2.20. The Bertz CT molecular complexity index is 603. The summed E-state index contributed by atoms with van der Waals surface area (Å²) >= 11 is 0. The summed E-state index contributed by atoms with van der Waals surface area (Å²) < 4.78 is 0. The van der Waals surface area contributed by atoms with Crippen LogP contribution in [0.2, 0.25) is 0 Å². The van der Waals surface area contributed by atoms with E-state index in [0.717, 1.165) is 16.6 Å². The fraction of sp³-hybridized carbons (Fsp3) is 0.250. The van der Waals surface area contributed by atoms with Gasteiger partial charge in [-0.05, 0) is 12.5 Å². The van der Waals surface area contributed by atoms with E-state index < -0.39 is 0 Å². The van der Waals surface area contributed by atoms with Crippen LogP contribution in [0.15, 0.2) is 24.3 Å². The van der Waals surface area contributed by atoms with E-state index in [-0.39, 0.29) is 17.7 Å². The molecule has 5 nitrogen and oxygen atoms in total. The first kappa shape index (κ1) is 10.0. The molecule has 1 aliphatic heterocycles. The summed E-state index contributed by atoms with van der Waals surface area (Å²) in [6, 6.07) is 7.66. The van der Waals surface area contributed by atoms with E-state index in [1.54, 1.807) is 0 Å². The lowest BCUT2D eigenvalue weighted by Gasteiger charge is -2.19. The topological polar surface area (TPSA) is 74.8 Å². The summed E-state index contributed by atoms with van der Waals surface area (Å²) in [6.45, 7) is 0. The summed E-state index contributed by atoms with van der Waals surface area (Å²) in [7, 11) is 0. The van der Waals surface area contributed by atoms with E-state index in [4.69, 9.17) is 0 Å². The zero-order valence-corrected chi connectivity index (χ0v) is 9.06. The highest BCUT2D eigenvalue weighted by Gasteiger charge is 2.30. The minimum absolute atomic E-state index is 0.203. The number of nitrogens with zero attached hydrogens (tertiary/aromatic N) is 1. The lowest BCUT2D eigenvalue weighted by atomic mass is 9.93. The predicted molar refractivity (Wildman–Crippen MR) is 61.2 cm³/mol. The van der Waals surface area contributed by atoms with Crippen LogP contribution < -0.4 is 5.32 Å². The average molecular weight is 229 g/mol. The second-order valence-electron chi connectivity index (χ2n) is 4.16. The molecular formula is C12H11N3O2. The lowest BCUT2D eigenvalue weighted by Crippen LogP contribution is -2.39. The van der Waals surface area contributed by atoms with Gasteiger partial charge in [0, 0.05) is 11.8 Å². The number of hydrogen-bond donors (Lipinski definition) is 2. The molecule has 86 valence electrons. The molecule has 0 bridgehead atoms. The molecule has 1 aromatic heterocycles. The van der Waals surface area contributed by atoms with Gasteiger partial charge in [0.05, 0.1) is 17.1 Å². The highest BCUT2D eigenvalue weighted by Crippen LogP contribution is 2.28. The van der Waals surface area contributed by atoms with Crippen molar-refractivity contribution in [1.29, 1.82) is 0 Å². The van der Waals surface area contributed by atoms with Crippen LogP contribution in [0.25, 0.3) is 10.9 Å². The standard InChI is InChI=1S/C12H11N3O2/c16-10-6-5-8(12(17)13-10)11-7-3-1-2-4-9(7)14-15-11/h1-4,8H,5-6H2,(H,14,15)(H,13,16,17). The molecule has 17 heavy (non-hydrogen) atoms. The van der Waals surface area contributed by atoms with Gasteiger partial charge in [0.25, 0.3) is 0 Å². The number of aromatic amines is 1. The number of fused-ring (bicyclic) bond motifs is 1. The van der Waals surface area contributed by atoms with E-state index in [1.165, 1.54) is 0 Å². The van der Waals surface area contributed by atoms with Crippen LogP contribution in [0.4, 0.5) is 0 Å². The van der Waals surface area contributed by atoms with E-state index in [9.17, 15) is 9.59 Å². The number of carbonyl (C=O) groups excluding carboxylic acids is 2. The maximum Gasteiger partial charge on any atom is 0.235 e. The van der Waals surface area contributed by atoms with Gasteiger partial charge in [-0.3, -0.25) is 20.0 Å². The maximum absolute atomic E-state index is 11.8.